The molecule has 4 rings (SSSR count). The second kappa shape index (κ2) is 4.17. The molecule has 0 saturated carbocycles. The number of rotatable bonds is 1. The molecule has 0 unspecified atom stereocenters. The van der Waals surface area contributed by atoms with E-state index >= 15 is 0 Å². The summed E-state index contributed by atoms with van der Waals surface area (Å²) < 4.78 is 2.02. The highest BCUT2D eigenvalue weighted by Gasteiger charge is 2.13. The fourth-order valence-electron chi connectivity index (χ4n) is 2.51. The van der Waals surface area contributed by atoms with E-state index in [9.17, 15) is 0 Å². The highest BCUT2D eigenvalue weighted by Crippen LogP contribution is 2.20. The molecule has 2 heterocycles. The van der Waals surface area contributed by atoms with Crippen molar-refractivity contribution in [2.45, 2.75) is 6.92 Å². The van der Waals surface area contributed by atoms with Crippen LogP contribution in [0, 0.1) is 6.92 Å². The van der Waals surface area contributed by atoms with Gasteiger partial charge in [0.25, 0.3) is 0 Å². The Labute approximate surface area is 116 Å². The van der Waals surface area contributed by atoms with Crippen LogP contribution in [0.3, 0.4) is 0 Å². The Morgan fingerprint density at radius 2 is 1.80 bits per heavy atom. The summed E-state index contributed by atoms with van der Waals surface area (Å²) in [6, 6.07) is 16.7. The Bertz CT molecular complexity index is 904. The van der Waals surface area contributed by atoms with Gasteiger partial charge in [0.05, 0.1) is 0 Å². The van der Waals surface area contributed by atoms with Crippen LogP contribution in [0.25, 0.3) is 27.5 Å². The van der Waals surface area contributed by atoms with Gasteiger partial charge in [-0.05, 0) is 6.92 Å². The predicted molar refractivity (Wildman–Crippen MR) is 79.9 cm³/mol. The van der Waals surface area contributed by atoms with Gasteiger partial charge in [-0.2, -0.15) is 5.10 Å². The van der Waals surface area contributed by atoms with E-state index in [1.54, 1.807) is 0 Å². The normalized spacial score (nSPS) is 11.2. The lowest BCUT2D eigenvalue weighted by Gasteiger charge is -1.95. The van der Waals surface area contributed by atoms with Gasteiger partial charge in [-0.15, -0.1) is 0 Å². The molecule has 0 amide bonds. The van der Waals surface area contributed by atoms with Crippen LogP contribution in [0.2, 0.25) is 0 Å². The minimum absolute atomic E-state index is 0.976. The number of hydrogen-bond donors (Lipinski definition) is 1. The first-order valence-corrected chi connectivity index (χ1v) is 6.66. The van der Waals surface area contributed by atoms with Crippen molar-refractivity contribution in [1.29, 1.82) is 0 Å². The SMILES string of the molecule is Cc1ccc(-[n+]2cc3ncc4ccccc4c3[nH]2)cc1. The van der Waals surface area contributed by atoms with Crippen molar-refractivity contribution in [1.82, 2.24) is 10.1 Å². The van der Waals surface area contributed by atoms with Gasteiger partial charge < -0.3 is 0 Å². The molecule has 0 aliphatic carbocycles. The molecule has 20 heavy (non-hydrogen) atoms. The van der Waals surface area contributed by atoms with Crippen LogP contribution >= 0.6 is 0 Å². The number of fused-ring (bicyclic) bond motifs is 3. The molecule has 0 radical (unpaired) electrons. The third kappa shape index (κ3) is 1.67. The maximum absolute atomic E-state index is 4.52. The van der Waals surface area contributed by atoms with Crippen LogP contribution in [-0.2, 0) is 0 Å². The molecule has 1 N–H and O–H groups in total. The summed E-state index contributed by atoms with van der Waals surface area (Å²) in [5, 5.41) is 5.78. The molecule has 4 aromatic rings. The minimum Gasteiger partial charge on any atom is -0.247 e. The molecule has 0 aliphatic rings. The average Bonchev–Trinajstić information content (AvgIpc) is 2.92. The van der Waals surface area contributed by atoms with Crippen LogP contribution in [0.5, 0.6) is 0 Å². The highest BCUT2D eigenvalue weighted by atomic mass is 15.3. The van der Waals surface area contributed by atoms with E-state index < -0.39 is 0 Å². The van der Waals surface area contributed by atoms with E-state index in [4.69, 9.17) is 0 Å². The predicted octanol–water partition coefficient (Wildman–Crippen LogP) is 3.30. The molecule has 0 fully saturated rings. The Balaban J connectivity index is 1.98. The topological polar surface area (TPSA) is 32.6 Å². The molecular weight excluding hydrogens is 246 g/mol. The van der Waals surface area contributed by atoms with Crippen molar-refractivity contribution >= 4 is 21.8 Å². The Kier molecular flexibility index (Phi) is 2.33. The second-order valence-corrected chi connectivity index (χ2v) is 5.05. The van der Waals surface area contributed by atoms with Crippen molar-refractivity contribution in [2.24, 2.45) is 0 Å². The number of pyridine rings is 1. The first-order chi connectivity index (χ1) is 9.81. The van der Waals surface area contributed by atoms with Crippen molar-refractivity contribution in [2.75, 3.05) is 0 Å². The summed E-state index contributed by atoms with van der Waals surface area (Å²) in [7, 11) is 0. The van der Waals surface area contributed by atoms with Gasteiger partial charge in [0.2, 0.25) is 11.9 Å². The molecule has 3 nitrogen and oxygen atoms in total. The van der Waals surface area contributed by atoms with Crippen molar-refractivity contribution in [3.05, 3.63) is 66.5 Å². The van der Waals surface area contributed by atoms with E-state index in [0.717, 1.165) is 22.1 Å². The number of aromatic nitrogens is 3. The summed E-state index contributed by atoms with van der Waals surface area (Å²) in [4.78, 5) is 4.52. The van der Waals surface area contributed by atoms with E-state index in [0.29, 0.717) is 0 Å². The zero-order chi connectivity index (χ0) is 13.5. The van der Waals surface area contributed by atoms with Crippen LogP contribution in [0.1, 0.15) is 5.56 Å². The Hall–Kier alpha value is -2.68. The van der Waals surface area contributed by atoms with Gasteiger partial charge in [0, 0.05) is 29.1 Å². The molecule has 0 spiro atoms. The molecule has 2 aromatic carbocycles. The van der Waals surface area contributed by atoms with Gasteiger partial charge >= 0.3 is 0 Å². The highest BCUT2D eigenvalue weighted by molar-refractivity contribution is 6.02. The van der Waals surface area contributed by atoms with Gasteiger partial charge in [-0.25, -0.2) is 4.98 Å². The smallest absolute Gasteiger partial charge is 0.235 e. The summed E-state index contributed by atoms with van der Waals surface area (Å²) in [5.41, 5.74) is 4.42. The summed E-state index contributed by atoms with van der Waals surface area (Å²) in [6.45, 7) is 2.09. The van der Waals surface area contributed by atoms with Gasteiger partial charge in [0.15, 0.2) is 5.52 Å². The van der Waals surface area contributed by atoms with Gasteiger partial charge in [-0.1, -0.05) is 46.6 Å². The maximum atomic E-state index is 4.52. The summed E-state index contributed by atoms with van der Waals surface area (Å²) in [5.74, 6) is 0. The largest absolute Gasteiger partial charge is 0.247 e. The standard InChI is InChI=1S/C17H13N3/c1-12-6-8-14(9-7-12)20-11-16-17(19-20)15-5-3-2-4-13(15)10-18-16/h2-11H,1H3/p+1. The third-order valence-electron chi connectivity index (χ3n) is 3.62. The zero-order valence-corrected chi connectivity index (χ0v) is 11.2. The van der Waals surface area contributed by atoms with E-state index in [1.807, 2.05) is 23.1 Å². The maximum Gasteiger partial charge on any atom is 0.235 e. The van der Waals surface area contributed by atoms with Crippen molar-refractivity contribution in [3.63, 3.8) is 0 Å². The number of hydrogen-bond acceptors (Lipinski definition) is 1. The van der Waals surface area contributed by atoms with Crippen molar-refractivity contribution in [3.8, 4) is 5.69 Å². The van der Waals surface area contributed by atoms with Gasteiger partial charge in [0.1, 0.15) is 5.52 Å². The quantitative estimate of drug-likeness (QED) is 0.523. The fourth-order valence-corrected chi connectivity index (χ4v) is 2.51. The van der Waals surface area contributed by atoms with Crippen LogP contribution in [-0.4, -0.2) is 10.1 Å². The van der Waals surface area contributed by atoms with E-state index in [-0.39, 0.29) is 0 Å². The second-order valence-electron chi connectivity index (χ2n) is 5.05. The molecule has 0 bridgehead atoms. The third-order valence-corrected chi connectivity index (χ3v) is 3.62. The zero-order valence-electron chi connectivity index (χ0n) is 11.2. The molecular formula is C17H14N3+. The van der Waals surface area contributed by atoms with Crippen LogP contribution in [0.15, 0.2) is 60.9 Å². The number of nitrogens with one attached hydrogen (secondary N) is 1. The van der Waals surface area contributed by atoms with Gasteiger partial charge in [-0.3, -0.25) is 0 Å². The molecule has 3 heteroatoms. The summed E-state index contributed by atoms with van der Waals surface area (Å²) >= 11 is 0. The van der Waals surface area contributed by atoms with E-state index in [1.165, 1.54) is 10.9 Å². The number of nitrogens with zero attached hydrogens (tertiary/aromatic N) is 2. The average molecular weight is 260 g/mol. The molecule has 2 aromatic heterocycles. The molecule has 96 valence electrons. The van der Waals surface area contributed by atoms with Crippen molar-refractivity contribution < 1.29 is 4.68 Å². The Morgan fingerprint density at radius 1 is 1.00 bits per heavy atom. The first-order valence-electron chi connectivity index (χ1n) is 6.66. The molecule has 0 atom stereocenters. The lowest BCUT2D eigenvalue weighted by molar-refractivity contribution is -0.653. The summed E-state index contributed by atoms with van der Waals surface area (Å²) in [6.07, 6.45) is 3.96. The lowest BCUT2D eigenvalue weighted by atomic mass is 10.1. The number of aromatic amines is 1. The van der Waals surface area contributed by atoms with Crippen LogP contribution in [0.4, 0.5) is 0 Å². The minimum atomic E-state index is 0.976. The lowest BCUT2D eigenvalue weighted by Crippen LogP contribution is -2.31. The molecule has 0 aliphatic heterocycles. The number of H-pyrrole nitrogens is 1. The monoisotopic (exact) mass is 260 g/mol. The Morgan fingerprint density at radius 3 is 2.65 bits per heavy atom. The first kappa shape index (κ1) is 11.2. The number of aryl methyl sites for hydroxylation is 1. The number of benzene rings is 2. The fraction of sp³-hybridized carbons (Fsp3) is 0.0588. The molecule has 0 saturated heterocycles. The van der Waals surface area contributed by atoms with E-state index in [2.05, 4.69) is 59.5 Å². The van der Waals surface area contributed by atoms with Crippen LogP contribution < -0.4 is 4.68 Å².